The predicted molar refractivity (Wildman–Crippen MR) is 73.4 cm³/mol. The first kappa shape index (κ1) is 13.2. The Balaban J connectivity index is 1.88. The van der Waals surface area contributed by atoms with Gasteiger partial charge in [0.05, 0.1) is 12.2 Å². The van der Waals surface area contributed by atoms with E-state index in [1.807, 2.05) is 25.6 Å². The largest absolute Gasteiger partial charge is 0.323 e. The van der Waals surface area contributed by atoms with Crippen molar-refractivity contribution in [3.8, 4) is 0 Å². The monoisotopic (exact) mass is 265 g/mol. The van der Waals surface area contributed by atoms with Gasteiger partial charge in [-0.25, -0.2) is 4.98 Å². The molecule has 6 heteroatoms. The van der Waals surface area contributed by atoms with Crippen LogP contribution in [0.15, 0.2) is 18.6 Å². The van der Waals surface area contributed by atoms with Gasteiger partial charge in [0.1, 0.15) is 5.01 Å². The van der Waals surface area contributed by atoms with Gasteiger partial charge in [-0.2, -0.15) is 5.10 Å². The van der Waals surface area contributed by atoms with Crippen molar-refractivity contribution in [2.75, 3.05) is 6.54 Å². The van der Waals surface area contributed by atoms with Gasteiger partial charge in [-0.1, -0.05) is 0 Å². The second-order valence-electron chi connectivity index (χ2n) is 4.49. The summed E-state index contributed by atoms with van der Waals surface area (Å²) in [6, 6.07) is 0.189. The molecule has 2 atom stereocenters. The number of hydrogen-bond donors (Lipinski definition) is 2. The summed E-state index contributed by atoms with van der Waals surface area (Å²) in [6.07, 6.45) is 5.66. The normalized spacial score (nSPS) is 14.7. The van der Waals surface area contributed by atoms with Crippen molar-refractivity contribution in [2.24, 2.45) is 12.8 Å². The van der Waals surface area contributed by atoms with E-state index in [4.69, 9.17) is 5.73 Å². The summed E-state index contributed by atoms with van der Waals surface area (Å²) in [5, 5.41) is 8.63. The van der Waals surface area contributed by atoms with Crippen LogP contribution in [0.2, 0.25) is 0 Å². The van der Waals surface area contributed by atoms with Gasteiger partial charge < -0.3 is 11.1 Å². The molecular formula is C12H19N5S. The third kappa shape index (κ3) is 3.16. The van der Waals surface area contributed by atoms with E-state index in [9.17, 15) is 0 Å². The molecule has 98 valence electrons. The van der Waals surface area contributed by atoms with Crippen molar-refractivity contribution >= 4 is 11.3 Å². The summed E-state index contributed by atoms with van der Waals surface area (Å²) >= 11 is 1.72. The third-order valence-electron chi connectivity index (χ3n) is 2.81. The van der Waals surface area contributed by atoms with E-state index in [-0.39, 0.29) is 12.1 Å². The molecule has 0 aliphatic carbocycles. The van der Waals surface area contributed by atoms with E-state index >= 15 is 0 Å². The molecule has 0 aromatic carbocycles. The molecule has 5 nitrogen and oxygen atoms in total. The van der Waals surface area contributed by atoms with Gasteiger partial charge in [0.15, 0.2) is 0 Å². The number of aryl methyl sites for hydroxylation is 2. The predicted octanol–water partition coefficient (Wildman–Crippen LogP) is 1.54. The van der Waals surface area contributed by atoms with Gasteiger partial charge >= 0.3 is 0 Å². The zero-order valence-electron chi connectivity index (χ0n) is 10.9. The lowest BCUT2D eigenvalue weighted by atomic mass is 10.1. The van der Waals surface area contributed by atoms with Crippen LogP contribution in [0.1, 0.15) is 34.5 Å². The summed E-state index contributed by atoms with van der Waals surface area (Å²) in [5.74, 6) is 0. The molecule has 2 heterocycles. The van der Waals surface area contributed by atoms with E-state index in [1.54, 1.807) is 16.0 Å². The number of nitrogens with two attached hydrogens (primary N) is 1. The van der Waals surface area contributed by atoms with Gasteiger partial charge in [-0.05, 0) is 13.8 Å². The SMILES string of the molecule is Cc1cnc(C(C)NCC(N)c2cnn(C)c2)s1. The summed E-state index contributed by atoms with van der Waals surface area (Å²) in [4.78, 5) is 5.60. The van der Waals surface area contributed by atoms with Crippen molar-refractivity contribution in [1.29, 1.82) is 0 Å². The Bertz CT molecular complexity index is 458. The average molecular weight is 265 g/mol. The Hall–Kier alpha value is -1.24. The minimum Gasteiger partial charge on any atom is -0.323 e. The minimum atomic E-state index is -0.0396. The molecule has 0 fully saturated rings. The molecule has 0 saturated heterocycles. The number of thiazole rings is 1. The van der Waals surface area contributed by atoms with Crippen molar-refractivity contribution in [3.63, 3.8) is 0 Å². The van der Waals surface area contributed by atoms with Crippen LogP contribution in [-0.4, -0.2) is 21.3 Å². The quantitative estimate of drug-likeness (QED) is 0.860. The highest BCUT2D eigenvalue weighted by Gasteiger charge is 2.12. The van der Waals surface area contributed by atoms with Crippen LogP contribution < -0.4 is 11.1 Å². The Morgan fingerprint density at radius 3 is 2.83 bits per heavy atom. The highest BCUT2D eigenvalue weighted by molar-refractivity contribution is 7.11. The zero-order valence-corrected chi connectivity index (χ0v) is 11.7. The molecule has 2 aromatic heterocycles. The maximum atomic E-state index is 6.11. The summed E-state index contributed by atoms with van der Waals surface area (Å²) in [5.41, 5.74) is 7.16. The number of rotatable bonds is 5. The lowest BCUT2D eigenvalue weighted by molar-refractivity contribution is 0.525. The lowest BCUT2D eigenvalue weighted by Gasteiger charge is -2.15. The smallest absolute Gasteiger partial charge is 0.109 e. The van der Waals surface area contributed by atoms with E-state index in [0.29, 0.717) is 6.54 Å². The first-order chi connectivity index (χ1) is 8.56. The summed E-state index contributed by atoms with van der Waals surface area (Å²) in [7, 11) is 1.89. The van der Waals surface area contributed by atoms with Crippen molar-refractivity contribution in [3.05, 3.63) is 34.0 Å². The lowest BCUT2D eigenvalue weighted by Crippen LogP contribution is -2.28. The Morgan fingerprint density at radius 2 is 2.28 bits per heavy atom. The highest BCUT2D eigenvalue weighted by Crippen LogP contribution is 2.19. The maximum Gasteiger partial charge on any atom is 0.109 e. The number of aromatic nitrogens is 3. The van der Waals surface area contributed by atoms with E-state index < -0.39 is 0 Å². The average Bonchev–Trinajstić information content (AvgIpc) is 2.94. The maximum absolute atomic E-state index is 6.11. The van der Waals surface area contributed by atoms with Crippen LogP contribution in [0, 0.1) is 6.92 Å². The van der Waals surface area contributed by atoms with Crippen LogP contribution >= 0.6 is 11.3 Å². The highest BCUT2D eigenvalue weighted by atomic mass is 32.1. The van der Waals surface area contributed by atoms with Gasteiger partial charge in [0.2, 0.25) is 0 Å². The molecule has 0 aliphatic rings. The van der Waals surface area contributed by atoms with Crippen molar-refractivity contribution < 1.29 is 0 Å². The molecule has 3 N–H and O–H groups in total. The molecule has 2 aromatic rings. The van der Waals surface area contributed by atoms with Crippen LogP contribution in [-0.2, 0) is 7.05 Å². The van der Waals surface area contributed by atoms with Crippen LogP contribution in [0.5, 0.6) is 0 Å². The van der Waals surface area contributed by atoms with E-state index in [2.05, 4.69) is 29.2 Å². The molecule has 0 radical (unpaired) electrons. The molecule has 0 bridgehead atoms. The van der Waals surface area contributed by atoms with E-state index in [1.165, 1.54) is 4.88 Å². The van der Waals surface area contributed by atoms with Gasteiger partial charge in [0.25, 0.3) is 0 Å². The Labute approximate surface area is 111 Å². The number of hydrogen-bond acceptors (Lipinski definition) is 5. The zero-order chi connectivity index (χ0) is 13.1. The van der Waals surface area contributed by atoms with Crippen molar-refractivity contribution in [1.82, 2.24) is 20.1 Å². The number of nitrogens with zero attached hydrogens (tertiary/aromatic N) is 3. The fourth-order valence-electron chi connectivity index (χ4n) is 1.71. The Morgan fingerprint density at radius 1 is 1.50 bits per heavy atom. The van der Waals surface area contributed by atoms with E-state index in [0.717, 1.165) is 10.6 Å². The Kier molecular flexibility index (Phi) is 4.11. The first-order valence-corrected chi connectivity index (χ1v) is 6.77. The standard InChI is InChI=1S/C12H19N5S/c1-8-4-15-12(18-8)9(2)14-6-11(13)10-5-16-17(3)7-10/h4-5,7,9,11,14H,6,13H2,1-3H3. The number of nitrogens with one attached hydrogen (secondary N) is 1. The topological polar surface area (TPSA) is 68.8 Å². The molecule has 0 aliphatic heterocycles. The second kappa shape index (κ2) is 5.60. The molecule has 2 unspecified atom stereocenters. The first-order valence-electron chi connectivity index (χ1n) is 5.96. The van der Waals surface area contributed by atoms with Crippen LogP contribution in [0.3, 0.4) is 0 Å². The third-order valence-corrected chi connectivity index (χ3v) is 3.90. The summed E-state index contributed by atoms with van der Waals surface area (Å²) in [6.45, 7) is 4.88. The van der Waals surface area contributed by atoms with Gasteiger partial charge in [0, 0.05) is 42.5 Å². The fourth-order valence-corrected chi connectivity index (χ4v) is 2.51. The van der Waals surface area contributed by atoms with Crippen LogP contribution in [0.4, 0.5) is 0 Å². The molecule has 0 spiro atoms. The molecule has 18 heavy (non-hydrogen) atoms. The molecule has 0 amide bonds. The minimum absolute atomic E-state index is 0.0396. The summed E-state index contributed by atoms with van der Waals surface area (Å²) < 4.78 is 1.77. The van der Waals surface area contributed by atoms with Crippen LogP contribution in [0.25, 0.3) is 0 Å². The molecular weight excluding hydrogens is 246 g/mol. The second-order valence-corrected chi connectivity index (χ2v) is 5.76. The molecule has 2 rings (SSSR count). The van der Waals surface area contributed by atoms with Crippen molar-refractivity contribution in [2.45, 2.75) is 25.9 Å². The van der Waals surface area contributed by atoms with Gasteiger partial charge in [-0.15, -0.1) is 11.3 Å². The molecule has 0 saturated carbocycles. The fraction of sp³-hybridized carbons (Fsp3) is 0.500. The van der Waals surface area contributed by atoms with Gasteiger partial charge in [-0.3, -0.25) is 4.68 Å².